The lowest BCUT2D eigenvalue weighted by molar-refractivity contribution is -0.160. The Bertz CT molecular complexity index is 1180. The molecule has 0 amide bonds. The van der Waals surface area contributed by atoms with E-state index in [2.05, 4.69) is 5.32 Å². The van der Waals surface area contributed by atoms with E-state index >= 15 is 0 Å². The van der Waals surface area contributed by atoms with Crippen LogP contribution >= 0.6 is 11.6 Å². The number of aliphatic carboxylic acids is 1. The van der Waals surface area contributed by atoms with Gasteiger partial charge in [-0.05, 0) is 81.1 Å². The van der Waals surface area contributed by atoms with Gasteiger partial charge in [-0.15, -0.1) is 0 Å². The lowest BCUT2D eigenvalue weighted by Crippen LogP contribution is -2.28. The Kier molecular flexibility index (Phi) is 9.68. The molecule has 1 aromatic heterocycles. The van der Waals surface area contributed by atoms with Gasteiger partial charge in [-0.2, -0.15) is 0 Å². The summed E-state index contributed by atoms with van der Waals surface area (Å²) in [6.45, 7) is 9.96. The molecule has 194 valence electrons. The minimum Gasteiger partial charge on any atom is -0.479 e. The number of carboxylic acids is 1. The number of benzene rings is 2. The fourth-order valence-corrected chi connectivity index (χ4v) is 4.13. The molecule has 0 radical (unpaired) electrons. The topological polar surface area (TPSA) is 89.9 Å². The van der Waals surface area contributed by atoms with Crippen LogP contribution in [-0.2, 0) is 19.0 Å². The molecule has 0 spiro atoms. The van der Waals surface area contributed by atoms with Crippen molar-refractivity contribution in [3.05, 3.63) is 58.6 Å². The van der Waals surface area contributed by atoms with Crippen molar-refractivity contribution >= 4 is 34.3 Å². The highest BCUT2D eigenvalue weighted by molar-refractivity contribution is 6.30. The van der Waals surface area contributed by atoms with Gasteiger partial charge in [0.1, 0.15) is 5.82 Å². The van der Waals surface area contributed by atoms with Gasteiger partial charge in [0.2, 0.25) is 0 Å². The molecule has 0 saturated heterocycles. The zero-order valence-electron chi connectivity index (χ0n) is 21.6. The number of carboxylic acid groups (broad SMARTS) is 1. The number of nitrogens with one attached hydrogen (secondary N) is 1. The van der Waals surface area contributed by atoms with Gasteiger partial charge in [-0.3, -0.25) is 0 Å². The van der Waals surface area contributed by atoms with Crippen molar-refractivity contribution in [2.45, 2.75) is 45.8 Å². The number of aryl methyl sites for hydroxylation is 1. The van der Waals surface area contributed by atoms with Crippen LogP contribution < -0.4 is 5.32 Å². The van der Waals surface area contributed by atoms with Gasteiger partial charge in [0.15, 0.2) is 6.10 Å². The Hall–Kier alpha value is -2.71. The maximum Gasteiger partial charge on any atom is 0.337 e. The number of anilines is 1. The Balaban J connectivity index is 2.01. The van der Waals surface area contributed by atoms with Gasteiger partial charge < -0.3 is 24.6 Å². The van der Waals surface area contributed by atoms with Gasteiger partial charge in [0.25, 0.3) is 0 Å². The summed E-state index contributed by atoms with van der Waals surface area (Å²) in [5, 5.41) is 14.9. The van der Waals surface area contributed by atoms with Crippen LogP contribution in [0.1, 0.15) is 44.4 Å². The molecule has 0 saturated carbocycles. The van der Waals surface area contributed by atoms with Crippen LogP contribution in [0.15, 0.2) is 42.5 Å². The zero-order valence-corrected chi connectivity index (χ0v) is 22.3. The molecule has 0 aliphatic heterocycles. The highest BCUT2D eigenvalue weighted by Gasteiger charge is 2.31. The number of nitrogens with zero attached hydrogens (tertiary/aromatic N) is 1. The molecule has 0 fully saturated rings. The van der Waals surface area contributed by atoms with Crippen LogP contribution in [0, 0.1) is 6.92 Å². The minimum absolute atomic E-state index is 0.579. The molecule has 3 rings (SSSR count). The number of hydrogen-bond donors (Lipinski definition) is 2. The standard InChI is InChI=1S/C28H35ClN2O5/c1-18-17-22-21(11-12-23(31-22)30-13-6-14-35-16-15-34-5)25(19-7-9-20(29)10-8-19)24(18)26(27(32)33)36-28(2,3)4/h7-12,17,26H,6,13-16H2,1-5H3,(H,30,31)(H,32,33)/t26-/m0/s1. The molecule has 7 nitrogen and oxygen atoms in total. The number of halogens is 1. The van der Waals surface area contributed by atoms with Gasteiger partial charge >= 0.3 is 5.97 Å². The predicted octanol–water partition coefficient (Wildman–Crippen LogP) is 6.27. The molecule has 1 heterocycles. The van der Waals surface area contributed by atoms with Crippen molar-refractivity contribution in [3.63, 3.8) is 0 Å². The Morgan fingerprint density at radius 2 is 1.83 bits per heavy atom. The van der Waals surface area contributed by atoms with Gasteiger partial charge in [0, 0.05) is 36.2 Å². The Morgan fingerprint density at radius 3 is 2.47 bits per heavy atom. The van der Waals surface area contributed by atoms with Crippen molar-refractivity contribution in [1.82, 2.24) is 4.98 Å². The van der Waals surface area contributed by atoms with Crippen LogP contribution in [0.3, 0.4) is 0 Å². The average molecular weight is 515 g/mol. The first-order chi connectivity index (χ1) is 17.1. The summed E-state index contributed by atoms with van der Waals surface area (Å²) in [7, 11) is 1.65. The molecule has 0 unspecified atom stereocenters. The monoisotopic (exact) mass is 514 g/mol. The first-order valence-corrected chi connectivity index (χ1v) is 12.4. The van der Waals surface area contributed by atoms with Crippen LogP contribution in [-0.4, -0.2) is 55.1 Å². The molecular formula is C28H35ClN2O5. The lowest BCUT2D eigenvalue weighted by Gasteiger charge is -2.28. The Morgan fingerprint density at radius 1 is 1.11 bits per heavy atom. The molecule has 2 N–H and O–H groups in total. The third-order valence-electron chi connectivity index (χ3n) is 5.54. The molecule has 3 aromatic rings. The fraction of sp³-hybridized carbons (Fsp3) is 0.429. The fourth-order valence-electron chi connectivity index (χ4n) is 4.01. The number of methoxy groups -OCH3 is 1. The van der Waals surface area contributed by atoms with Crippen molar-refractivity contribution in [3.8, 4) is 11.1 Å². The van der Waals surface area contributed by atoms with E-state index in [9.17, 15) is 9.90 Å². The second-order valence-corrected chi connectivity index (χ2v) is 10.0. The van der Waals surface area contributed by atoms with Crippen molar-refractivity contribution < 1.29 is 24.1 Å². The first kappa shape index (κ1) is 27.9. The minimum atomic E-state index is -1.14. The summed E-state index contributed by atoms with van der Waals surface area (Å²) in [5.74, 6) is -0.295. The smallest absolute Gasteiger partial charge is 0.337 e. The molecule has 0 aliphatic rings. The third-order valence-corrected chi connectivity index (χ3v) is 5.79. The quantitative estimate of drug-likeness (QED) is 0.275. The van der Waals surface area contributed by atoms with Crippen LogP contribution in [0.5, 0.6) is 0 Å². The molecule has 36 heavy (non-hydrogen) atoms. The van der Waals surface area contributed by atoms with Crippen molar-refractivity contribution in [2.75, 3.05) is 38.8 Å². The van der Waals surface area contributed by atoms with E-state index in [1.54, 1.807) is 19.2 Å². The number of fused-ring (bicyclic) bond motifs is 1. The number of carbonyl (C=O) groups is 1. The molecular weight excluding hydrogens is 480 g/mol. The maximum atomic E-state index is 12.4. The Labute approximate surface area is 217 Å². The van der Waals surface area contributed by atoms with Crippen LogP contribution in [0.2, 0.25) is 5.02 Å². The molecule has 2 aromatic carbocycles. The summed E-state index contributed by atoms with van der Waals surface area (Å²) in [4.78, 5) is 17.2. The molecule has 8 heteroatoms. The van der Waals surface area contributed by atoms with E-state index in [1.807, 2.05) is 58.0 Å². The third kappa shape index (κ3) is 7.40. The predicted molar refractivity (Wildman–Crippen MR) is 144 cm³/mol. The van der Waals surface area contributed by atoms with Gasteiger partial charge in [-0.1, -0.05) is 23.7 Å². The summed E-state index contributed by atoms with van der Waals surface area (Å²) >= 11 is 6.15. The first-order valence-electron chi connectivity index (χ1n) is 12.0. The normalized spacial score (nSPS) is 12.6. The van der Waals surface area contributed by atoms with E-state index in [0.717, 1.165) is 39.8 Å². The van der Waals surface area contributed by atoms with E-state index in [4.69, 9.17) is 30.8 Å². The zero-order chi connectivity index (χ0) is 26.3. The van der Waals surface area contributed by atoms with E-state index in [0.29, 0.717) is 37.0 Å². The SMILES string of the molecule is COCCOCCCNc1ccc2c(-c3ccc(Cl)cc3)c([C@H](OC(C)(C)C)C(=O)O)c(C)cc2n1. The highest BCUT2D eigenvalue weighted by Crippen LogP contribution is 2.40. The molecule has 0 aliphatic carbocycles. The van der Waals surface area contributed by atoms with E-state index < -0.39 is 17.7 Å². The number of hydrogen-bond acceptors (Lipinski definition) is 6. The number of rotatable bonds is 12. The van der Waals surface area contributed by atoms with E-state index in [1.165, 1.54) is 0 Å². The van der Waals surface area contributed by atoms with Gasteiger partial charge in [-0.25, -0.2) is 9.78 Å². The highest BCUT2D eigenvalue weighted by atomic mass is 35.5. The summed E-state index contributed by atoms with van der Waals surface area (Å²) in [6.07, 6.45) is -0.307. The summed E-state index contributed by atoms with van der Waals surface area (Å²) in [6, 6.07) is 13.2. The number of aromatic nitrogens is 1. The second kappa shape index (κ2) is 12.5. The molecule has 1 atom stereocenters. The van der Waals surface area contributed by atoms with Crippen molar-refractivity contribution in [2.24, 2.45) is 0 Å². The maximum absolute atomic E-state index is 12.4. The largest absolute Gasteiger partial charge is 0.479 e. The van der Waals surface area contributed by atoms with Gasteiger partial charge in [0.05, 0.1) is 24.3 Å². The van der Waals surface area contributed by atoms with Crippen molar-refractivity contribution in [1.29, 1.82) is 0 Å². The average Bonchev–Trinajstić information content (AvgIpc) is 2.81. The lowest BCUT2D eigenvalue weighted by atomic mass is 9.88. The summed E-state index contributed by atoms with van der Waals surface area (Å²) in [5.41, 5.74) is 3.15. The molecule has 0 bridgehead atoms. The van der Waals surface area contributed by atoms with Crippen LogP contribution in [0.4, 0.5) is 5.82 Å². The van der Waals surface area contributed by atoms with Crippen LogP contribution in [0.25, 0.3) is 22.0 Å². The summed E-state index contributed by atoms with van der Waals surface area (Å²) < 4.78 is 16.5. The number of pyridine rings is 1. The second-order valence-electron chi connectivity index (χ2n) is 9.59. The number of ether oxygens (including phenoxy) is 3. The van der Waals surface area contributed by atoms with E-state index in [-0.39, 0.29) is 0 Å².